The van der Waals surface area contributed by atoms with Crippen molar-refractivity contribution in [2.24, 2.45) is 0 Å². The van der Waals surface area contributed by atoms with Gasteiger partial charge in [-0.3, -0.25) is 4.79 Å². The van der Waals surface area contributed by atoms with Crippen LogP contribution in [0.1, 0.15) is 21.7 Å². The molecule has 0 fully saturated rings. The molecule has 25 heavy (non-hydrogen) atoms. The predicted octanol–water partition coefficient (Wildman–Crippen LogP) is 2.55. The minimum Gasteiger partial charge on any atom is -0.492 e. The zero-order valence-electron chi connectivity index (χ0n) is 13.5. The molecule has 2 aromatic heterocycles. The molecule has 0 bridgehead atoms. The molecule has 1 aromatic carbocycles. The van der Waals surface area contributed by atoms with Gasteiger partial charge in [0.2, 0.25) is 0 Å². The number of rotatable bonds is 4. The molecule has 1 aliphatic heterocycles. The molecule has 0 unspecified atom stereocenters. The Balaban J connectivity index is 1.41. The highest BCUT2D eigenvalue weighted by Gasteiger charge is 2.13. The van der Waals surface area contributed by atoms with Crippen LogP contribution < -0.4 is 15.4 Å². The molecule has 1 amide bonds. The van der Waals surface area contributed by atoms with Gasteiger partial charge < -0.3 is 20.4 Å². The van der Waals surface area contributed by atoms with E-state index in [1.165, 1.54) is 0 Å². The molecule has 3 aromatic rings. The number of imidazole rings is 1. The minimum absolute atomic E-state index is 0.141. The molecule has 6 nitrogen and oxygen atoms in total. The van der Waals surface area contributed by atoms with Crippen molar-refractivity contribution in [2.75, 3.05) is 13.2 Å². The SMILES string of the molecule is O=C(NCc1ncc(-c2cccs2)[nH]1)c1ccc2c(c1)OCCNC2. The Morgan fingerprint density at radius 3 is 3.20 bits per heavy atom. The number of aromatic nitrogens is 2. The van der Waals surface area contributed by atoms with Crippen molar-refractivity contribution in [3.63, 3.8) is 0 Å². The van der Waals surface area contributed by atoms with Crippen LogP contribution in [0, 0.1) is 0 Å². The summed E-state index contributed by atoms with van der Waals surface area (Å²) in [6.07, 6.45) is 1.79. The molecular weight excluding hydrogens is 336 g/mol. The van der Waals surface area contributed by atoms with Gasteiger partial charge >= 0.3 is 0 Å². The number of benzene rings is 1. The first kappa shape index (κ1) is 15.9. The third-order valence-electron chi connectivity index (χ3n) is 4.01. The summed E-state index contributed by atoms with van der Waals surface area (Å²) in [6.45, 7) is 2.52. The average molecular weight is 354 g/mol. The molecule has 7 heteroatoms. The first-order valence-corrected chi connectivity index (χ1v) is 9.00. The van der Waals surface area contributed by atoms with Crippen LogP contribution in [0.5, 0.6) is 5.75 Å². The smallest absolute Gasteiger partial charge is 0.251 e. The lowest BCUT2D eigenvalue weighted by atomic mass is 10.1. The summed E-state index contributed by atoms with van der Waals surface area (Å²) in [7, 11) is 0. The van der Waals surface area contributed by atoms with Crippen LogP contribution in [0.4, 0.5) is 0 Å². The minimum atomic E-state index is -0.141. The number of hydrogen-bond donors (Lipinski definition) is 3. The summed E-state index contributed by atoms with van der Waals surface area (Å²) in [5.74, 6) is 1.36. The van der Waals surface area contributed by atoms with Gasteiger partial charge in [-0.15, -0.1) is 11.3 Å². The van der Waals surface area contributed by atoms with E-state index in [1.807, 2.05) is 29.6 Å². The second-order valence-electron chi connectivity index (χ2n) is 5.75. The molecule has 0 atom stereocenters. The van der Waals surface area contributed by atoms with Crippen LogP contribution in [-0.2, 0) is 13.1 Å². The van der Waals surface area contributed by atoms with Gasteiger partial charge in [-0.2, -0.15) is 0 Å². The molecule has 4 rings (SSSR count). The van der Waals surface area contributed by atoms with Crippen LogP contribution in [0.3, 0.4) is 0 Å². The highest BCUT2D eigenvalue weighted by atomic mass is 32.1. The molecule has 0 radical (unpaired) electrons. The van der Waals surface area contributed by atoms with E-state index in [0.717, 1.165) is 40.8 Å². The maximum Gasteiger partial charge on any atom is 0.251 e. The quantitative estimate of drug-likeness (QED) is 0.673. The largest absolute Gasteiger partial charge is 0.492 e. The highest BCUT2D eigenvalue weighted by molar-refractivity contribution is 7.13. The number of amides is 1. The number of carbonyl (C=O) groups is 1. The van der Waals surface area contributed by atoms with Crippen molar-refractivity contribution in [1.29, 1.82) is 0 Å². The van der Waals surface area contributed by atoms with Gasteiger partial charge in [0.1, 0.15) is 18.2 Å². The number of nitrogens with zero attached hydrogens (tertiary/aromatic N) is 1. The van der Waals surface area contributed by atoms with Gasteiger partial charge in [-0.1, -0.05) is 12.1 Å². The monoisotopic (exact) mass is 354 g/mol. The first-order chi connectivity index (χ1) is 12.3. The third kappa shape index (κ3) is 3.57. The van der Waals surface area contributed by atoms with Crippen molar-refractivity contribution in [3.8, 4) is 16.3 Å². The van der Waals surface area contributed by atoms with E-state index in [2.05, 4.69) is 20.6 Å². The Labute approximate surface area is 149 Å². The van der Waals surface area contributed by atoms with E-state index in [0.29, 0.717) is 18.7 Å². The number of H-pyrrole nitrogens is 1. The molecule has 0 aliphatic carbocycles. The number of carbonyl (C=O) groups excluding carboxylic acids is 1. The van der Waals surface area contributed by atoms with Gasteiger partial charge in [0.15, 0.2) is 0 Å². The lowest BCUT2D eigenvalue weighted by Gasteiger charge is -2.09. The van der Waals surface area contributed by atoms with E-state index in [-0.39, 0.29) is 5.91 Å². The molecule has 3 heterocycles. The van der Waals surface area contributed by atoms with Crippen molar-refractivity contribution in [2.45, 2.75) is 13.1 Å². The zero-order valence-corrected chi connectivity index (χ0v) is 14.4. The van der Waals surface area contributed by atoms with Gasteiger partial charge in [-0.25, -0.2) is 4.98 Å². The predicted molar refractivity (Wildman–Crippen MR) is 96.7 cm³/mol. The van der Waals surface area contributed by atoms with Crippen LogP contribution in [0.15, 0.2) is 41.9 Å². The van der Waals surface area contributed by atoms with E-state index in [9.17, 15) is 4.79 Å². The summed E-state index contributed by atoms with van der Waals surface area (Å²) in [6, 6.07) is 9.59. The summed E-state index contributed by atoms with van der Waals surface area (Å²) in [5, 5.41) is 8.19. The van der Waals surface area contributed by atoms with Gasteiger partial charge in [0, 0.05) is 24.2 Å². The van der Waals surface area contributed by atoms with Crippen molar-refractivity contribution in [1.82, 2.24) is 20.6 Å². The lowest BCUT2D eigenvalue weighted by Crippen LogP contribution is -2.23. The molecular formula is C18H18N4O2S. The van der Waals surface area contributed by atoms with Crippen molar-refractivity contribution in [3.05, 3.63) is 58.9 Å². The van der Waals surface area contributed by atoms with E-state index < -0.39 is 0 Å². The Kier molecular flexibility index (Phi) is 4.49. The summed E-state index contributed by atoms with van der Waals surface area (Å²) < 4.78 is 5.69. The fourth-order valence-electron chi connectivity index (χ4n) is 2.71. The molecule has 1 aliphatic rings. The fraction of sp³-hybridized carbons (Fsp3) is 0.222. The Morgan fingerprint density at radius 1 is 1.36 bits per heavy atom. The van der Waals surface area contributed by atoms with Crippen LogP contribution in [0.2, 0.25) is 0 Å². The Bertz CT molecular complexity index is 873. The summed E-state index contributed by atoms with van der Waals surface area (Å²) in [4.78, 5) is 21.1. The van der Waals surface area contributed by atoms with Crippen LogP contribution >= 0.6 is 11.3 Å². The summed E-state index contributed by atoms with van der Waals surface area (Å²) >= 11 is 1.65. The molecule has 3 N–H and O–H groups in total. The second kappa shape index (κ2) is 7.08. The van der Waals surface area contributed by atoms with Gasteiger partial charge in [0.05, 0.1) is 23.3 Å². The molecule has 0 saturated heterocycles. The number of nitrogens with one attached hydrogen (secondary N) is 3. The van der Waals surface area contributed by atoms with Gasteiger partial charge in [-0.05, 0) is 23.6 Å². The Morgan fingerprint density at radius 2 is 2.32 bits per heavy atom. The lowest BCUT2D eigenvalue weighted by molar-refractivity contribution is 0.0949. The number of fused-ring (bicyclic) bond motifs is 1. The first-order valence-electron chi connectivity index (χ1n) is 8.12. The van der Waals surface area contributed by atoms with E-state index in [4.69, 9.17) is 4.74 Å². The molecule has 0 saturated carbocycles. The average Bonchev–Trinajstić information content (AvgIpc) is 3.26. The number of aromatic amines is 1. The van der Waals surface area contributed by atoms with E-state index >= 15 is 0 Å². The van der Waals surface area contributed by atoms with Crippen LogP contribution in [0.25, 0.3) is 10.6 Å². The third-order valence-corrected chi connectivity index (χ3v) is 4.92. The number of hydrogen-bond acceptors (Lipinski definition) is 5. The highest BCUT2D eigenvalue weighted by Crippen LogP contribution is 2.23. The maximum atomic E-state index is 12.4. The topological polar surface area (TPSA) is 79.0 Å². The second-order valence-corrected chi connectivity index (χ2v) is 6.70. The number of ether oxygens (including phenoxy) is 1. The Hall–Kier alpha value is -2.64. The van der Waals surface area contributed by atoms with Crippen molar-refractivity contribution >= 4 is 17.2 Å². The fourth-order valence-corrected chi connectivity index (χ4v) is 3.40. The number of thiophene rings is 1. The van der Waals surface area contributed by atoms with E-state index in [1.54, 1.807) is 23.6 Å². The normalized spacial score (nSPS) is 13.6. The van der Waals surface area contributed by atoms with Crippen molar-refractivity contribution < 1.29 is 9.53 Å². The van der Waals surface area contributed by atoms with Gasteiger partial charge in [0.25, 0.3) is 5.91 Å². The zero-order chi connectivity index (χ0) is 17.1. The maximum absolute atomic E-state index is 12.4. The van der Waals surface area contributed by atoms with Crippen LogP contribution in [-0.4, -0.2) is 29.0 Å². The summed E-state index contributed by atoms with van der Waals surface area (Å²) in [5.41, 5.74) is 2.62. The standard InChI is InChI=1S/C18H18N4O2S/c23-18(12-3-4-13-9-19-5-6-24-15(13)8-12)21-11-17-20-10-14(22-17)16-2-1-7-25-16/h1-4,7-8,10,19H,5-6,9,11H2,(H,20,22)(H,21,23). The molecule has 0 spiro atoms. The molecule has 128 valence electrons.